The molecule has 0 bridgehead atoms. The Morgan fingerprint density at radius 2 is 1.94 bits per heavy atom. The second kappa shape index (κ2) is 6.01. The molecule has 3 nitrogen and oxygen atoms in total. The maximum absolute atomic E-state index is 12.4. The minimum atomic E-state index is -0.767. The topological polar surface area (TPSA) is 52.3 Å². The third kappa shape index (κ3) is 3.33. The van der Waals surface area contributed by atoms with Crippen LogP contribution in [0.5, 0.6) is 5.75 Å². The van der Waals surface area contributed by atoms with Crippen LogP contribution in [-0.4, -0.2) is 17.4 Å². The lowest BCUT2D eigenvalue weighted by Gasteiger charge is -2.25. The first-order chi connectivity index (χ1) is 8.42. The number of hydrogen-bond acceptors (Lipinski definition) is 3. The van der Waals surface area contributed by atoms with Crippen LogP contribution in [-0.2, 0) is 0 Å². The molecule has 0 aliphatic rings. The lowest BCUT2D eigenvalue weighted by molar-refractivity contribution is 0.0879. The van der Waals surface area contributed by atoms with E-state index in [1.807, 2.05) is 39.8 Å². The fraction of sp³-hybridized carbons (Fsp3) is 0.533. The first kappa shape index (κ1) is 14.7. The van der Waals surface area contributed by atoms with E-state index >= 15 is 0 Å². The molecule has 0 saturated carbocycles. The highest BCUT2D eigenvalue weighted by molar-refractivity contribution is 6.03. The average Bonchev–Trinajstić information content (AvgIpc) is 2.36. The molecule has 0 atom stereocenters. The van der Waals surface area contributed by atoms with E-state index in [1.54, 1.807) is 12.1 Å². The summed E-state index contributed by atoms with van der Waals surface area (Å²) in [6.45, 7) is 7.80. The number of carbonyl (C=O) groups excluding carboxylic acids is 1. The SMILES string of the molecule is CCC(N)(CC)C(=O)c1cccc(OC(C)C)c1. The van der Waals surface area contributed by atoms with Crippen LogP contribution < -0.4 is 10.5 Å². The van der Waals surface area contributed by atoms with Gasteiger partial charge in [0.2, 0.25) is 0 Å². The lowest BCUT2D eigenvalue weighted by Crippen LogP contribution is -2.46. The van der Waals surface area contributed by atoms with E-state index < -0.39 is 5.54 Å². The molecule has 0 saturated heterocycles. The highest BCUT2D eigenvalue weighted by atomic mass is 16.5. The van der Waals surface area contributed by atoms with Gasteiger partial charge in [-0.05, 0) is 38.8 Å². The summed E-state index contributed by atoms with van der Waals surface area (Å²) in [5.41, 5.74) is 5.99. The molecule has 1 aromatic carbocycles. The molecule has 0 spiro atoms. The Morgan fingerprint density at radius 3 is 2.44 bits per heavy atom. The molecule has 0 amide bonds. The van der Waals surface area contributed by atoms with Crippen LogP contribution in [0.25, 0.3) is 0 Å². The van der Waals surface area contributed by atoms with Gasteiger partial charge in [-0.15, -0.1) is 0 Å². The Bertz CT molecular complexity index is 409. The second-order valence-electron chi connectivity index (χ2n) is 4.89. The number of Topliss-reactive ketones (excluding diaryl/α,β-unsaturated/α-hetero) is 1. The molecule has 0 aliphatic carbocycles. The van der Waals surface area contributed by atoms with Crippen LogP contribution in [0.3, 0.4) is 0 Å². The average molecular weight is 249 g/mol. The number of ketones is 1. The van der Waals surface area contributed by atoms with Crippen LogP contribution in [0.2, 0.25) is 0 Å². The predicted octanol–water partition coefficient (Wildman–Crippen LogP) is 3.17. The van der Waals surface area contributed by atoms with Gasteiger partial charge in [-0.3, -0.25) is 4.79 Å². The van der Waals surface area contributed by atoms with Crippen molar-refractivity contribution in [3.63, 3.8) is 0 Å². The van der Waals surface area contributed by atoms with E-state index in [1.165, 1.54) is 0 Å². The fourth-order valence-corrected chi connectivity index (χ4v) is 1.84. The molecule has 0 radical (unpaired) electrons. The van der Waals surface area contributed by atoms with E-state index in [9.17, 15) is 4.79 Å². The van der Waals surface area contributed by atoms with Crippen molar-refractivity contribution in [2.24, 2.45) is 5.73 Å². The molecule has 0 aromatic heterocycles. The molecule has 0 unspecified atom stereocenters. The monoisotopic (exact) mass is 249 g/mol. The smallest absolute Gasteiger partial charge is 0.182 e. The van der Waals surface area contributed by atoms with Crippen molar-refractivity contribution in [2.45, 2.75) is 52.2 Å². The summed E-state index contributed by atoms with van der Waals surface area (Å²) in [5.74, 6) is 0.701. The number of carbonyl (C=O) groups is 1. The minimum absolute atomic E-state index is 0.0123. The zero-order valence-corrected chi connectivity index (χ0v) is 11.7. The summed E-state index contributed by atoms with van der Waals surface area (Å²) >= 11 is 0. The third-order valence-corrected chi connectivity index (χ3v) is 3.18. The van der Waals surface area contributed by atoms with Gasteiger partial charge in [0.25, 0.3) is 0 Å². The van der Waals surface area contributed by atoms with Gasteiger partial charge in [-0.25, -0.2) is 0 Å². The standard InChI is InChI=1S/C15H23NO2/c1-5-15(16,6-2)14(17)12-8-7-9-13(10-12)18-11(3)4/h7-11H,5-6,16H2,1-4H3. The van der Waals surface area contributed by atoms with Gasteiger partial charge < -0.3 is 10.5 Å². The van der Waals surface area contributed by atoms with Crippen molar-refractivity contribution < 1.29 is 9.53 Å². The van der Waals surface area contributed by atoms with Gasteiger partial charge in [-0.2, -0.15) is 0 Å². The van der Waals surface area contributed by atoms with Gasteiger partial charge >= 0.3 is 0 Å². The molecule has 18 heavy (non-hydrogen) atoms. The van der Waals surface area contributed by atoms with E-state index in [-0.39, 0.29) is 11.9 Å². The second-order valence-corrected chi connectivity index (χ2v) is 4.89. The van der Waals surface area contributed by atoms with Crippen molar-refractivity contribution >= 4 is 5.78 Å². The molecule has 1 rings (SSSR count). The van der Waals surface area contributed by atoms with Gasteiger partial charge in [0.05, 0.1) is 11.6 Å². The van der Waals surface area contributed by atoms with Crippen molar-refractivity contribution in [2.75, 3.05) is 0 Å². The largest absolute Gasteiger partial charge is 0.491 e. The third-order valence-electron chi connectivity index (χ3n) is 3.18. The van der Waals surface area contributed by atoms with Crippen molar-refractivity contribution in [3.8, 4) is 5.75 Å². The number of rotatable bonds is 6. The summed E-state index contributed by atoms with van der Waals surface area (Å²) in [6, 6.07) is 7.25. The molecule has 3 heteroatoms. The van der Waals surface area contributed by atoms with E-state index in [2.05, 4.69) is 0 Å². The Kier molecular flexibility index (Phi) is 4.91. The van der Waals surface area contributed by atoms with Crippen molar-refractivity contribution in [1.29, 1.82) is 0 Å². The van der Waals surface area contributed by atoms with Gasteiger partial charge in [0.1, 0.15) is 5.75 Å². The highest BCUT2D eigenvalue weighted by Crippen LogP contribution is 2.22. The summed E-state index contributed by atoms with van der Waals surface area (Å²) in [5, 5.41) is 0. The van der Waals surface area contributed by atoms with Crippen LogP contribution >= 0.6 is 0 Å². The summed E-state index contributed by atoms with van der Waals surface area (Å²) in [7, 11) is 0. The van der Waals surface area contributed by atoms with E-state index in [4.69, 9.17) is 10.5 Å². The Hall–Kier alpha value is -1.35. The molecular formula is C15H23NO2. The molecule has 0 heterocycles. The molecule has 2 N–H and O–H groups in total. The molecule has 100 valence electrons. The molecule has 0 fully saturated rings. The molecular weight excluding hydrogens is 226 g/mol. The van der Waals surface area contributed by atoms with Crippen molar-refractivity contribution in [3.05, 3.63) is 29.8 Å². The summed E-state index contributed by atoms with van der Waals surface area (Å²) < 4.78 is 5.59. The van der Waals surface area contributed by atoms with Crippen LogP contribution in [0, 0.1) is 0 Å². The van der Waals surface area contributed by atoms with Gasteiger partial charge in [0.15, 0.2) is 5.78 Å². The predicted molar refractivity (Wildman–Crippen MR) is 74.0 cm³/mol. The Morgan fingerprint density at radius 1 is 1.33 bits per heavy atom. The zero-order chi connectivity index (χ0) is 13.8. The Labute approximate surface area is 109 Å². The zero-order valence-electron chi connectivity index (χ0n) is 11.7. The quantitative estimate of drug-likeness (QED) is 0.788. The van der Waals surface area contributed by atoms with Crippen LogP contribution in [0.15, 0.2) is 24.3 Å². The first-order valence-electron chi connectivity index (χ1n) is 6.53. The first-order valence-corrected chi connectivity index (χ1v) is 6.53. The van der Waals surface area contributed by atoms with Crippen LogP contribution in [0.1, 0.15) is 50.9 Å². The van der Waals surface area contributed by atoms with Crippen LogP contribution in [0.4, 0.5) is 0 Å². The normalized spacial score (nSPS) is 11.7. The number of benzene rings is 1. The van der Waals surface area contributed by atoms with E-state index in [0.29, 0.717) is 24.2 Å². The molecule has 1 aromatic rings. The van der Waals surface area contributed by atoms with Crippen molar-refractivity contribution in [1.82, 2.24) is 0 Å². The maximum Gasteiger partial charge on any atom is 0.182 e. The summed E-state index contributed by atoms with van der Waals surface area (Å²) in [6.07, 6.45) is 1.37. The highest BCUT2D eigenvalue weighted by Gasteiger charge is 2.30. The lowest BCUT2D eigenvalue weighted by atomic mass is 9.85. The fourth-order valence-electron chi connectivity index (χ4n) is 1.84. The Balaban J connectivity index is 2.99. The number of hydrogen-bond donors (Lipinski definition) is 1. The van der Waals surface area contributed by atoms with E-state index in [0.717, 1.165) is 0 Å². The number of nitrogens with two attached hydrogens (primary N) is 1. The van der Waals surface area contributed by atoms with Gasteiger partial charge in [-0.1, -0.05) is 26.0 Å². The number of ether oxygens (including phenoxy) is 1. The van der Waals surface area contributed by atoms with Gasteiger partial charge in [0, 0.05) is 5.56 Å². The minimum Gasteiger partial charge on any atom is -0.491 e. The summed E-state index contributed by atoms with van der Waals surface area (Å²) in [4.78, 5) is 12.4. The maximum atomic E-state index is 12.4. The molecule has 0 aliphatic heterocycles.